The van der Waals surface area contributed by atoms with Gasteiger partial charge in [-0.25, -0.2) is 5.43 Å². The second-order valence-electron chi connectivity index (χ2n) is 4.91. The van der Waals surface area contributed by atoms with Crippen LogP contribution < -0.4 is 10.7 Å². The van der Waals surface area contributed by atoms with Gasteiger partial charge in [-0.1, -0.05) is 23.2 Å². The monoisotopic (exact) mass is 364 g/mol. The fraction of sp³-hybridized carbons (Fsp3) is 0.125. The van der Waals surface area contributed by atoms with Crippen molar-refractivity contribution in [3.05, 3.63) is 58.3 Å². The van der Waals surface area contributed by atoms with Gasteiger partial charge in [0.15, 0.2) is 0 Å². The zero-order valence-electron chi connectivity index (χ0n) is 12.7. The predicted octanol–water partition coefficient (Wildman–Crippen LogP) is 3.52. The van der Waals surface area contributed by atoms with E-state index in [0.717, 1.165) is 0 Å². The summed E-state index contributed by atoms with van der Waals surface area (Å²) in [5, 5.41) is 7.40. The molecule has 0 saturated heterocycles. The minimum Gasteiger partial charge on any atom is -0.326 e. The number of pyridine rings is 1. The first kappa shape index (κ1) is 17.9. The van der Waals surface area contributed by atoms with Crippen molar-refractivity contribution in [2.24, 2.45) is 5.10 Å². The van der Waals surface area contributed by atoms with Crippen molar-refractivity contribution >= 4 is 46.4 Å². The van der Waals surface area contributed by atoms with E-state index in [1.54, 1.807) is 43.5 Å². The smallest absolute Gasteiger partial charge is 0.272 e. The van der Waals surface area contributed by atoms with Crippen molar-refractivity contribution in [3.8, 4) is 0 Å². The number of amides is 2. The summed E-state index contributed by atoms with van der Waals surface area (Å²) in [6.45, 7) is 1.63. The lowest BCUT2D eigenvalue weighted by Gasteiger charge is -2.06. The lowest BCUT2D eigenvalue weighted by molar-refractivity contribution is -0.115. The van der Waals surface area contributed by atoms with E-state index in [4.69, 9.17) is 23.2 Å². The first-order valence-corrected chi connectivity index (χ1v) is 7.69. The number of hydrogen-bond acceptors (Lipinski definition) is 4. The Morgan fingerprint density at radius 1 is 1.21 bits per heavy atom. The Balaban J connectivity index is 1.90. The Hall–Kier alpha value is -2.44. The zero-order valence-corrected chi connectivity index (χ0v) is 14.2. The van der Waals surface area contributed by atoms with Gasteiger partial charge in [-0.3, -0.25) is 14.6 Å². The number of halogens is 2. The fourth-order valence-electron chi connectivity index (χ4n) is 1.81. The van der Waals surface area contributed by atoms with E-state index in [9.17, 15) is 9.59 Å². The Kier molecular flexibility index (Phi) is 6.28. The minimum absolute atomic E-state index is 0.0114. The second kappa shape index (κ2) is 8.42. The molecule has 24 heavy (non-hydrogen) atoms. The van der Waals surface area contributed by atoms with Crippen LogP contribution in [0, 0.1) is 0 Å². The summed E-state index contributed by atoms with van der Waals surface area (Å²) in [4.78, 5) is 27.6. The summed E-state index contributed by atoms with van der Waals surface area (Å²) in [6.07, 6.45) is 3.00. The van der Waals surface area contributed by atoms with Crippen LogP contribution in [-0.2, 0) is 4.79 Å². The van der Waals surface area contributed by atoms with E-state index in [0.29, 0.717) is 27.0 Å². The molecule has 0 spiro atoms. The van der Waals surface area contributed by atoms with Crippen LogP contribution in [0.5, 0.6) is 0 Å². The molecule has 0 unspecified atom stereocenters. The maximum Gasteiger partial charge on any atom is 0.272 e. The molecule has 0 atom stereocenters. The predicted molar refractivity (Wildman–Crippen MR) is 94.5 cm³/mol. The van der Waals surface area contributed by atoms with E-state index >= 15 is 0 Å². The summed E-state index contributed by atoms with van der Waals surface area (Å²) in [7, 11) is 0. The van der Waals surface area contributed by atoms with Crippen molar-refractivity contribution < 1.29 is 9.59 Å². The SMILES string of the molecule is C/C(CC(=O)Nc1cc(Cl)cc(Cl)c1)=N/NC(=O)c1cccnc1. The molecule has 1 heterocycles. The molecular weight excluding hydrogens is 351 g/mol. The Bertz CT molecular complexity index is 759. The lowest BCUT2D eigenvalue weighted by atomic mass is 10.2. The number of rotatable bonds is 5. The standard InChI is InChI=1S/C16H14Cl2N4O2/c1-10(21-22-16(24)11-3-2-4-19-9-11)5-15(23)20-14-7-12(17)6-13(18)8-14/h2-4,6-9H,5H2,1H3,(H,20,23)(H,22,24)/b21-10-. The number of aromatic nitrogens is 1. The van der Waals surface area contributed by atoms with Gasteiger partial charge in [0.2, 0.25) is 5.91 Å². The van der Waals surface area contributed by atoms with Gasteiger partial charge in [-0.15, -0.1) is 0 Å². The van der Waals surface area contributed by atoms with Gasteiger partial charge >= 0.3 is 0 Å². The largest absolute Gasteiger partial charge is 0.326 e. The quantitative estimate of drug-likeness (QED) is 0.628. The van der Waals surface area contributed by atoms with Crippen LogP contribution in [0.2, 0.25) is 10.0 Å². The van der Waals surface area contributed by atoms with E-state index in [2.05, 4.69) is 20.8 Å². The van der Waals surface area contributed by atoms with Crippen LogP contribution in [0.1, 0.15) is 23.7 Å². The Morgan fingerprint density at radius 3 is 2.54 bits per heavy atom. The van der Waals surface area contributed by atoms with Gasteiger partial charge in [0, 0.05) is 33.8 Å². The molecule has 0 aliphatic carbocycles. The third-order valence-corrected chi connectivity index (χ3v) is 3.27. The highest BCUT2D eigenvalue weighted by Gasteiger charge is 2.08. The van der Waals surface area contributed by atoms with Crippen LogP contribution in [0.3, 0.4) is 0 Å². The van der Waals surface area contributed by atoms with Crippen LogP contribution in [-0.4, -0.2) is 22.5 Å². The Labute approximate surface area is 148 Å². The lowest BCUT2D eigenvalue weighted by Crippen LogP contribution is -2.21. The maximum absolute atomic E-state index is 12.0. The van der Waals surface area contributed by atoms with Crippen molar-refractivity contribution in [2.45, 2.75) is 13.3 Å². The number of hydrogen-bond donors (Lipinski definition) is 2. The van der Waals surface area contributed by atoms with E-state index in [1.165, 1.54) is 6.20 Å². The summed E-state index contributed by atoms with van der Waals surface area (Å²) in [5.41, 5.74) is 3.69. The number of benzene rings is 1. The Morgan fingerprint density at radius 2 is 1.92 bits per heavy atom. The normalized spacial score (nSPS) is 11.0. The average molecular weight is 365 g/mol. The van der Waals surface area contributed by atoms with Gasteiger partial charge < -0.3 is 5.32 Å². The molecule has 0 aliphatic rings. The molecule has 1 aromatic heterocycles. The van der Waals surface area contributed by atoms with E-state index < -0.39 is 5.91 Å². The molecule has 2 aromatic rings. The van der Waals surface area contributed by atoms with E-state index in [1.807, 2.05) is 0 Å². The highest BCUT2D eigenvalue weighted by Crippen LogP contribution is 2.22. The number of carbonyl (C=O) groups is 2. The van der Waals surface area contributed by atoms with Crippen molar-refractivity contribution in [2.75, 3.05) is 5.32 Å². The molecular formula is C16H14Cl2N4O2. The van der Waals surface area contributed by atoms with Crippen molar-refractivity contribution in [1.29, 1.82) is 0 Å². The minimum atomic E-state index is -0.399. The molecule has 0 saturated carbocycles. The van der Waals surface area contributed by atoms with Gasteiger partial charge in [-0.05, 0) is 37.3 Å². The first-order chi connectivity index (χ1) is 11.4. The highest BCUT2D eigenvalue weighted by atomic mass is 35.5. The van der Waals surface area contributed by atoms with Crippen LogP contribution in [0.4, 0.5) is 5.69 Å². The number of nitrogens with zero attached hydrogens (tertiary/aromatic N) is 2. The topological polar surface area (TPSA) is 83.5 Å². The number of hydrazone groups is 1. The number of anilines is 1. The molecule has 0 bridgehead atoms. The van der Waals surface area contributed by atoms with Gasteiger partial charge in [0.1, 0.15) is 0 Å². The first-order valence-electron chi connectivity index (χ1n) is 6.93. The average Bonchev–Trinajstić information content (AvgIpc) is 2.52. The van der Waals surface area contributed by atoms with Crippen molar-refractivity contribution in [3.63, 3.8) is 0 Å². The third-order valence-electron chi connectivity index (χ3n) is 2.83. The summed E-state index contributed by atoms with van der Waals surface area (Å²) < 4.78 is 0. The molecule has 8 heteroatoms. The van der Waals surface area contributed by atoms with Gasteiger partial charge in [0.05, 0.1) is 12.0 Å². The van der Waals surface area contributed by atoms with Crippen molar-refractivity contribution in [1.82, 2.24) is 10.4 Å². The summed E-state index contributed by atoms with van der Waals surface area (Å²) >= 11 is 11.7. The van der Waals surface area contributed by atoms with Gasteiger partial charge in [0.25, 0.3) is 5.91 Å². The maximum atomic E-state index is 12.0. The summed E-state index contributed by atoms with van der Waals surface area (Å²) in [5.74, 6) is -0.699. The summed E-state index contributed by atoms with van der Waals surface area (Å²) in [6, 6.07) is 8.00. The molecule has 1 aromatic carbocycles. The molecule has 0 aliphatic heterocycles. The molecule has 0 fully saturated rings. The molecule has 2 N–H and O–H groups in total. The zero-order chi connectivity index (χ0) is 17.5. The molecule has 6 nitrogen and oxygen atoms in total. The molecule has 2 amide bonds. The fourth-order valence-corrected chi connectivity index (χ4v) is 2.34. The van der Waals surface area contributed by atoms with Gasteiger partial charge in [-0.2, -0.15) is 5.10 Å². The third kappa shape index (κ3) is 5.64. The molecule has 0 radical (unpaired) electrons. The number of carbonyl (C=O) groups excluding carboxylic acids is 2. The van der Waals surface area contributed by atoms with Crippen LogP contribution >= 0.6 is 23.2 Å². The second-order valence-corrected chi connectivity index (χ2v) is 5.79. The molecule has 2 rings (SSSR count). The van der Waals surface area contributed by atoms with Crippen LogP contribution in [0.25, 0.3) is 0 Å². The molecule has 124 valence electrons. The van der Waals surface area contributed by atoms with E-state index in [-0.39, 0.29) is 12.3 Å². The number of nitrogens with one attached hydrogen (secondary N) is 2. The highest BCUT2D eigenvalue weighted by molar-refractivity contribution is 6.35. The van der Waals surface area contributed by atoms with Crippen LogP contribution in [0.15, 0.2) is 47.8 Å².